The van der Waals surface area contributed by atoms with E-state index in [1.54, 1.807) is 28.9 Å². The van der Waals surface area contributed by atoms with Crippen LogP contribution < -0.4 is 5.32 Å². The summed E-state index contributed by atoms with van der Waals surface area (Å²) < 4.78 is 41.4. The van der Waals surface area contributed by atoms with Gasteiger partial charge in [0.1, 0.15) is 18.9 Å². The molecule has 0 bridgehead atoms. The Bertz CT molecular complexity index is 642. The fourth-order valence-corrected chi connectivity index (χ4v) is 1.77. The van der Waals surface area contributed by atoms with Crippen LogP contribution in [0.3, 0.4) is 0 Å². The van der Waals surface area contributed by atoms with E-state index < -0.39 is 25.3 Å². The molecule has 114 valence electrons. The molecule has 0 atom stereocenters. The van der Waals surface area contributed by atoms with Crippen LogP contribution in [0.15, 0.2) is 24.5 Å². The predicted octanol–water partition coefficient (Wildman–Crippen LogP) is 2.18. The summed E-state index contributed by atoms with van der Waals surface area (Å²) in [5.74, 6) is -0.644. The minimum Gasteiger partial charge on any atom is -0.362 e. The van der Waals surface area contributed by atoms with Gasteiger partial charge >= 0.3 is 6.18 Å². The third-order valence-electron chi connectivity index (χ3n) is 2.43. The van der Waals surface area contributed by atoms with Gasteiger partial charge in [-0.3, -0.25) is 4.79 Å². The maximum atomic E-state index is 11.8. The molecule has 2 aromatic heterocycles. The molecule has 0 aromatic carbocycles. The Hall–Kier alpha value is -1.80. The largest absolute Gasteiger partial charge is 0.411 e. The van der Waals surface area contributed by atoms with Crippen LogP contribution in [0.25, 0.3) is 5.65 Å². The van der Waals surface area contributed by atoms with Gasteiger partial charge in [-0.05, 0) is 12.1 Å². The second kappa shape index (κ2) is 6.31. The number of carbonyl (C=O) groups excluding carboxylic acids is 1. The molecule has 0 radical (unpaired) electrons. The van der Waals surface area contributed by atoms with E-state index in [2.05, 4.69) is 15.0 Å². The number of pyridine rings is 1. The molecular formula is C12H11ClF3N3O2. The number of nitrogens with zero attached hydrogens (tertiary/aromatic N) is 2. The molecule has 0 aliphatic carbocycles. The Morgan fingerprint density at radius 2 is 2.14 bits per heavy atom. The molecule has 0 spiro atoms. The zero-order chi connectivity index (χ0) is 15.5. The summed E-state index contributed by atoms with van der Waals surface area (Å²) in [5.41, 5.74) is 1.21. The van der Waals surface area contributed by atoms with E-state index in [4.69, 9.17) is 11.6 Å². The number of alkyl halides is 3. The number of amides is 1. The van der Waals surface area contributed by atoms with Crippen molar-refractivity contribution in [1.29, 1.82) is 0 Å². The monoisotopic (exact) mass is 321 g/mol. The smallest absolute Gasteiger partial charge is 0.362 e. The van der Waals surface area contributed by atoms with Crippen LogP contribution >= 0.6 is 11.6 Å². The second-order valence-corrected chi connectivity index (χ2v) is 4.67. The minimum atomic E-state index is -4.44. The van der Waals surface area contributed by atoms with Gasteiger partial charge in [0.05, 0.1) is 17.3 Å². The van der Waals surface area contributed by atoms with Gasteiger partial charge in [0, 0.05) is 12.4 Å². The van der Waals surface area contributed by atoms with Crippen LogP contribution in [0.2, 0.25) is 5.02 Å². The van der Waals surface area contributed by atoms with Crippen molar-refractivity contribution in [1.82, 2.24) is 14.7 Å². The maximum Gasteiger partial charge on any atom is 0.411 e. The first-order valence-corrected chi connectivity index (χ1v) is 6.25. The fraction of sp³-hybridized carbons (Fsp3) is 0.333. The molecule has 5 nitrogen and oxygen atoms in total. The average molecular weight is 322 g/mol. The molecule has 2 aromatic rings. The van der Waals surface area contributed by atoms with Gasteiger partial charge in [-0.25, -0.2) is 4.98 Å². The highest BCUT2D eigenvalue weighted by molar-refractivity contribution is 6.30. The van der Waals surface area contributed by atoms with Crippen LogP contribution in [0, 0.1) is 0 Å². The molecule has 2 rings (SSSR count). The van der Waals surface area contributed by atoms with E-state index in [0.29, 0.717) is 16.4 Å². The Kier molecular flexibility index (Phi) is 4.69. The summed E-state index contributed by atoms with van der Waals surface area (Å²) in [6.07, 6.45) is -1.12. The van der Waals surface area contributed by atoms with Crippen molar-refractivity contribution in [2.75, 3.05) is 13.2 Å². The van der Waals surface area contributed by atoms with E-state index in [1.165, 1.54) is 0 Å². The van der Waals surface area contributed by atoms with Gasteiger partial charge < -0.3 is 14.5 Å². The van der Waals surface area contributed by atoms with Crippen molar-refractivity contribution in [3.8, 4) is 0 Å². The highest BCUT2D eigenvalue weighted by Crippen LogP contribution is 2.14. The predicted molar refractivity (Wildman–Crippen MR) is 68.9 cm³/mol. The van der Waals surface area contributed by atoms with Crippen molar-refractivity contribution in [3.63, 3.8) is 0 Å². The van der Waals surface area contributed by atoms with Gasteiger partial charge in [-0.1, -0.05) is 11.6 Å². The lowest BCUT2D eigenvalue weighted by atomic mass is 10.4. The van der Waals surface area contributed by atoms with Crippen molar-refractivity contribution < 1.29 is 22.7 Å². The molecular weight excluding hydrogens is 311 g/mol. The molecule has 2 heterocycles. The molecule has 9 heteroatoms. The first-order valence-electron chi connectivity index (χ1n) is 5.88. The number of ether oxygens (including phenoxy) is 1. The lowest BCUT2D eigenvalue weighted by Crippen LogP contribution is -2.29. The molecule has 0 unspecified atom stereocenters. The van der Waals surface area contributed by atoms with Crippen molar-refractivity contribution in [2.45, 2.75) is 12.7 Å². The molecule has 1 N–H and O–H groups in total. The number of aromatic nitrogens is 2. The summed E-state index contributed by atoms with van der Waals surface area (Å²) in [6, 6.07) is 3.39. The van der Waals surface area contributed by atoms with E-state index in [0.717, 1.165) is 0 Å². The molecule has 21 heavy (non-hydrogen) atoms. The summed E-state index contributed by atoms with van der Waals surface area (Å²) in [4.78, 5) is 15.5. The van der Waals surface area contributed by atoms with Crippen molar-refractivity contribution in [3.05, 3.63) is 35.2 Å². The average Bonchev–Trinajstić information content (AvgIpc) is 2.76. The van der Waals surface area contributed by atoms with Crippen LogP contribution in [0.1, 0.15) is 5.69 Å². The quantitative estimate of drug-likeness (QED) is 0.918. The lowest BCUT2D eigenvalue weighted by molar-refractivity contribution is -0.175. The highest BCUT2D eigenvalue weighted by Gasteiger charge is 2.27. The normalized spacial score (nSPS) is 11.8. The number of imidazole rings is 1. The zero-order valence-electron chi connectivity index (χ0n) is 10.7. The Morgan fingerprint density at radius 1 is 1.38 bits per heavy atom. The Balaban J connectivity index is 1.82. The molecule has 0 saturated carbocycles. The Morgan fingerprint density at radius 3 is 2.86 bits per heavy atom. The van der Waals surface area contributed by atoms with Gasteiger partial charge in [-0.15, -0.1) is 0 Å². The lowest BCUT2D eigenvalue weighted by Gasteiger charge is -2.07. The molecule has 0 aliphatic rings. The van der Waals surface area contributed by atoms with Gasteiger partial charge in [0.15, 0.2) is 0 Å². The third-order valence-corrected chi connectivity index (χ3v) is 2.65. The Labute approximate surface area is 122 Å². The SMILES string of the molecule is O=C(COCC(F)(F)F)NCc1cn2cc(Cl)ccc2n1. The first-order chi connectivity index (χ1) is 9.83. The van der Waals surface area contributed by atoms with Crippen LogP contribution in [-0.4, -0.2) is 34.7 Å². The van der Waals surface area contributed by atoms with E-state index in [9.17, 15) is 18.0 Å². The van der Waals surface area contributed by atoms with Crippen molar-refractivity contribution >= 4 is 23.2 Å². The van der Waals surface area contributed by atoms with Gasteiger partial charge in [-0.2, -0.15) is 13.2 Å². The summed E-state index contributed by atoms with van der Waals surface area (Å²) >= 11 is 5.82. The van der Waals surface area contributed by atoms with E-state index >= 15 is 0 Å². The van der Waals surface area contributed by atoms with Crippen LogP contribution in [0.4, 0.5) is 13.2 Å². The summed E-state index contributed by atoms with van der Waals surface area (Å²) in [6.45, 7) is -2.01. The van der Waals surface area contributed by atoms with Gasteiger partial charge in [0.25, 0.3) is 0 Å². The number of carbonyl (C=O) groups is 1. The third kappa shape index (κ3) is 4.91. The van der Waals surface area contributed by atoms with E-state index in [1.807, 2.05) is 0 Å². The van der Waals surface area contributed by atoms with Crippen molar-refractivity contribution in [2.24, 2.45) is 0 Å². The maximum absolute atomic E-state index is 11.8. The van der Waals surface area contributed by atoms with E-state index in [-0.39, 0.29) is 6.54 Å². The van der Waals surface area contributed by atoms with Crippen LogP contribution in [-0.2, 0) is 16.1 Å². The highest BCUT2D eigenvalue weighted by atomic mass is 35.5. The molecule has 0 aliphatic heterocycles. The number of nitrogens with one attached hydrogen (secondary N) is 1. The summed E-state index contributed by atoms with van der Waals surface area (Å²) in [5, 5.41) is 2.96. The summed E-state index contributed by atoms with van der Waals surface area (Å²) in [7, 11) is 0. The number of halogens is 4. The molecule has 1 amide bonds. The standard InChI is InChI=1S/C12H11ClF3N3O2/c13-8-1-2-10-18-9(5-19(10)4-8)3-17-11(20)6-21-7-12(14,15)16/h1-2,4-5H,3,6-7H2,(H,17,20). The number of hydrogen-bond donors (Lipinski definition) is 1. The second-order valence-electron chi connectivity index (χ2n) is 4.23. The number of fused-ring (bicyclic) bond motifs is 1. The minimum absolute atomic E-state index is 0.0908. The molecule has 0 fully saturated rings. The molecule has 0 saturated heterocycles. The first kappa shape index (κ1) is 15.6. The fourth-order valence-electron chi connectivity index (χ4n) is 1.60. The number of rotatable bonds is 5. The topological polar surface area (TPSA) is 55.6 Å². The van der Waals surface area contributed by atoms with Gasteiger partial charge in [0.2, 0.25) is 5.91 Å². The zero-order valence-corrected chi connectivity index (χ0v) is 11.4. The van der Waals surface area contributed by atoms with Crippen LogP contribution in [0.5, 0.6) is 0 Å². The number of hydrogen-bond acceptors (Lipinski definition) is 3.